The van der Waals surface area contributed by atoms with Crippen molar-refractivity contribution in [3.63, 3.8) is 0 Å². The standard InChI is InChI=1S/C22H30O4/c1-13-11-22-8-5-16-20(3,17(22)9-15(13)10-19(22)25)7-6-18(24)21(16,4)12-26-14(2)23/h15-17H,1,5-12H2,2-4H3/t15-,16+,17+,20-,21+,22+/m1/s1. The minimum absolute atomic E-state index is 0.0455. The Hall–Kier alpha value is -1.45. The SMILES string of the molecule is C=C1C[C@@]23CC[C@H]4[C@@](C)(CCC(=O)[C@@]4(C)COC(C)=O)[C@@H]2C[C@@H]1CC3=O. The van der Waals surface area contributed by atoms with Crippen molar-refractivity contribution in [2.75, 3.05) is 6.61 Å². The lowest BCUT2D eigenvalue weighted by molar-refractivity contribution is -0.190. The van der Waals surface area contributed by atoms with Crippen LogP contribution in [0.4, 0.5) is 0 Å². The molecule has 5 aliphatic rings. The van der Waals surface area contributed by atoms with E-state index in [1.165, 1.54) is 12.5 Å². The second-order valence-electron chi connectivity index (χ2n) is 9.82. The molecule has 5 saturated carbocycles. The molecule has 0 heterocycles. The summed E-state index contributed by atoms with van der Waals surface area (Å²) in [6.07, 6.45) is 5.64. The van der Waals surface area contributed by atoms with Gasteiger partial charge in [-0.2, -0.15) is 0 Å². The number of hydrogen-bond donors (Lipinski definition) is 0. The van der Waals surface area contributed by atoms with Crippen molar-refractivity contribution >= 4 is 17.5 Å². The lowest BCUT2D eigenvalue weighted by Gasteiger charge is -2.66. The average Bonchev–Trinajstić information content (AvgIpc) is 2.57. The van der Waals surface area contributed by atoms with E-state index in [-0.39, 0.29) is 35.1 Å². The summed E-state index contributed by atoms with van der Waals surface area (Å²) < 4.78 is 5.34. The molecule has 0 aromatic heterocycles. The maximum Gasteiger partial charge on any atom is 0.302 e. The van der Waals surface area contributed by atoms with Crippen LogP contribution in [0.15, 0.2) is 12.2 Å². The second kappa shape index (κ2) is 5.53. The Balaban J connectivity index is 1.72. The Morgan fingerprint density at radius 2 is 1.92 bits per heavy atom. The first-order chi connectivity index (χ1) is 12.1. The number of carbonyl (C=O) groups is 3. The number of carbonyl (C=O) groups excluding carboxylic acids is 3. The first kappa shape index (κ1) is 17.9. The van der Waals surface area contributed by atoms with Crippen LogP contribution in [0, 0.1) is 34.0 Å². The van der Waals surface area contributed by atoms with Crippen molar-refractivity contribution in [3.05, 3.63) is 12.2 Å². The summed E-state index contributed by atoms with van der Waals surface area (Å²) in [7, 11) is 0. The number of esters is 1. The van der Waals surface area contributed by atoms with Crippen LogP contribution < -0.4 is 0 Å². The smallest absolute Gasteiger partial charge is 0.302 e. The molecule has 0 unspecified atom stereocenters. The predicted octanol–water partition coefficient (Wildman–Crippen LogP) is 3.88. The van der Waals surface area contributed by atoms with Crippen LogP contribution >= 0.6 is 0 Å². The number of fused-ring (bicyclic) bond motifs is 3. The third-order valence-electron chi connectivity index (χ3n) is 8.64. The molecule has 5 rings (SSSR count). The molecule has 6 atom stereocenters. The largest absolute Gasteiger partial charge is 0.465 e. The van der Waals surface area contributed by atoms with Crippen LogP contribution in [0.25, 0.3) is 0 Å². The highest BCUT2D eigenvalue weighted by atomic mass is 16.5. The van der Waals surface area contributed by atoms with Crippen molar-refractivity contribution in [1.82, 2.24) is 0 Å². The summed E-state index contributed by atoms with van der Waals surface area (Å²) in [6, 6.07) is 0. The fourth-order valence-electron chi connectivity index (χ4n) is 7.26. The first-order valence-corrected chi connectivity index (χ1v) is 10.0. The zero-order chi connectivity index (χ0) is 18.9. The minimum atomic E-state index is -0.628. The van der Waals surface area contributed by atoms with E-state index >= 15 is 0 Å². The van der Waals surface area contributed by atoms with Crippen LogP contribution in [-0.2, 0) is 19.1 Å². The van der Waals surface area contributed by atoms with Gasteiger partial charge in [-0.05, 0) is 62.2 Å². The van der Waals surface area contributed by atoms with E-state index in [9.17, 15) is 14.4 Å². The lowest BCUT2D eigenvalue weighted by Crippen LogP contribution is -2.65. The molecule has 0 aliphatic heterocycles. The molecule has 0 aromatic carbocycles. The number of ether oxygens (including phenoxy) is 1. The van der Waals surface area contributed by atoms with Gasteiger partial charge in [0.2, 0.25) is 0 Å². The van der Waals surface area contributed by atoms with E-state index in [0.29, 0.717) is 30.5 Å². The molecule has 5 aliphatic carbocycles. The molecular weight excluding hydrogens is 328 g/mol. The molecular formula is C22H30O4. The molecule has 0 saturated heterocycles. The van der Waals surface area contributed by atoms with Gasteiger partial charge in [0.05, 0.1) is 5.41 Å². The highest BCUT2D eigenvalue weighted by molar-refractivity contribution is 5.90. The lowest BCUT2D eigenvalue weighted by atomic mass is 9.36. The number of allylic oxidation sites excluding steroid dienone is 1. The molecule has 26 heavy (non-hydrogen) atoms. The van der Waals surface area contributed by atoms with E-state index in [4.69, 9.17) is 4.74 Å². The Kier molecular flexibility index (Phi) is 3.81. The summed E-state index contributed by atoms with van der Waals surface area (Å²) in [4.78, 5) is 37.3. The van der Waals surface area contributed by atoms with Crippen LogP contribution in [0.1, 0.15) is 65.7 Å². The number of hydrogen-bond acceptors (Lipinski definition) is 4. The summed E-state index contributed by atoms with van der Waals surface area (Å²) in [5.74, 6) is 1.14. The van der Waals surface area contributed by atoms with Crippen LogP contribution in [-0.4, -0.2) is 24.1 Å². The van der Waals surface area contributed by atoms with Gasteiger partial charge in [-0.1, -0.05) is 19.1 Å². The van der Waals surface area contributed by atoms with Gasteiger partial charge < -0.3 is 4.74 Å². The maximum absolute atomic E-state index is 13.0. The molecule has 5 fully saturated rings. The minimum Gasteiger partial charge on any atom is -0.465 e. The van der Waals surface area contributed by atoms with Crippen molar-refractivity contribution in [2.24, 2.45) is 34.0 Å². The van der Waals surface area contributed by atoms with E-state index < -0.39 is 5.41 Å². The Morgan fingerprint density at radius 3 is 2.62 bits per heavy atom. The third-order valence-corrected chi connectivity index (χ3v) is 8.64. The van der Waals surface area contributed by atoms with Crippen LogP contribution in [0.2, 0.25) is 0 Å². The molecule has 2 bridgehead atoms. The van der Waals surface area contributed by atoms with Crippen LogP contribution in [0.3, 0.4) is 0 Å². The zero-order valence-electron chi connectivity index (χ0n) is 16.2. The molecule has 4 heteroatoms. The highest BCUT2D eigenvalue weighted by Gasteiger charge is 2.68. The van der Waals surface area contributed by atoms with Crippen molar-refractivity contribution in [3.8, 4) is 0 Å². The monoisotopic (exact) mass is 358 g/mol. The van der Waals surface area contributed by atoms with Gasteiger partial charge in [0.1, 0.15) is 18.2 Å². The van der Waals surface area contributed by atoms with E-state index in [1.54, 1.807) is 0 Å². The van der Waals surface area contributed by atoms with Gasteiger partial charge in [0.15, 0.2) is 0 Å². The number of Topliss-reactive ketones (excluding diaryl/α,β-unsaturated/α-hetero) is 2. The Labute approximate surface area is 155 Å². The Bertz CT molecular complexity index is 709. The van der Waals surface area contributed by atoms with Crippen molar-refractivity contribution in [1.29, 1.82) is 0 Å². The van der Waals surface area contributed by atoms with Gasteiger partial charge in [0, 0.05) is 25.2 Å². The fraction of sp³-hybridized carbons (Fsp3) is 0.773. The molecule has 4 nitrogen and oxygen atoms in total. The van der Waals surface area contributed by atoms with E-state index in [2.05, 4.69) is 13.5 Å². The highest BCUT2D eigenvalue weighted by Crippen LogP contribution is 2.70. The number of rotatable bonds is 2. The van der Waals surface area contributed by atoms with Crippen LogP contribution in [0.5, 0.6) is 0 Å². The normalized spacial score (nSPS) is 47.3. The summed E-state index contributed by atoms with van der Waals surface area (Å²) in [5.41, 5.74) is 0.338. The van der Waals surface area contributed by atoms with E-state index in [1.807, 2.05) is 6.92 Å². The third kappa shape index (κ3) is 2.16. The zero-order valence-corrected chi connectivity index (χ0v) is 16.2. The molecule has 1 spiro atoms. The maximum atomic E-state index is 13.0. The molecule has 142 valence electrons. The molecule has 0 aromatic rings. The quantitative estimate of drug-likeness (QED) is 0.555. The summed E-state index contributed by atoms with van der Waals surface area (Å²) in [6.45, 7) is 10.1. The van der Waals surface area contributed by atoms with Gasteiger partial charge in [-0.15, -0.1) is 0 Å². The molecule has 0 amide bonds. The van der Waals surface area contributed by atoms with Crippen molar-refractivity contribution in [2.45, 2.75) is 65.7 Å². The van der Waals surface area contributed by atoms with Gasteiger partial charge >= 0.3 is 5.97 Å². The van der Waals surface area contributed by atoms with Gasteiger partial charge in [-0.3, -0.25) is 14.4 Å². The number of ketones is 2. The average molecular weight is 358 g/mol. The molecule has 0 N–H and O–H groups in total. The fourth-order valence-corrected chi connectivity index (χ4v) is 7.26. The van der Waals surface area contributed by atoms with Gasteiger partial charge in [0.25, 0.3) is 0 Å². The van der Waals surface area contributed by atoms with Crippen molar-refractivity contribution < 1.29 is 19.1 Å². The first-order valence-electron chi connectivity index (χ1n) is 10.0. The predicted molar refractivity (Wildman–Crippen MR) is 97.2 cm³/mol. The summed E-state index contributed by atoms with van der Waals surface area (Å²) >= 11 is 0. The summed E-state index contributed by atoms with van der Waals surface area (Å²) in [5, 5.41) is 0. The topological polar surface area (TPSA) is 60.4 Å². The van der Waals surface area contributed by atoms with Gasteiger partial charge in [-0.25, -0.2) is 0 Å². The second-order valence-corrected chi connectivity index (χ2v) is 9.82. The van der Waals surface area contributed by atoms with E-state index in [0.717, 1.165) is 32.1 Å². The Morgan fingerprint density at radius 1 is 1.19 bits per heavy atom. The molecule has 0 radical (unpaired) electrons.